The Bertz CT molecular complexity index is 651. The zero-order valence-electron chi connectivity index (χ0n) is 11.3. The molecule has 5 heteroatoms. The lowest BCUT2D eigenvalue weighted by Gasteiger charge is -2.12. The van der Waals surface area contributed by atoms with Gasteiger partial charge in [-0.1, -0.05) is 29.3 Å². The van der Waals surface area contributed by atoms with Gasteiger partial charge in [0.05, 0.1) is 11.4 Å². The van der Waals surface area contributed by atoms with Crippen molar-refractivity contribution in [2.24, 2.45) is 0 Å². The van der Waals surface area contributed by atoms with E-state index in [4.69, 9.17) is 16.7 Å². The molecule has 0 unspecified atom stereocenters. The molecule has 0 fully saturated rings. The van der Waals surface area contributed by atoms with Crippen molar-refractivity contribution in [3.63, 3.8) is 0 Å². The van der Waals surface area contributed by atoms with Crippen LogP contribution in [0.5, 0.6) is 0 Å². The predicted octanol–water partition coefficient (Wildman–Crippen LogP) is 3.46. The Hall–Kier alpha value is -1.81. The summed E-state index contributed by atoms with van der Waals surface area (Å²) in [6, 6.07) is 4.05. The summed E-state index contributed by atoms with van der Waals surface area (Å²) in [4.78, 5) is 11.2. The van der Waals surface area contributed by atoms with Gasteiger partial charge in [-0.15, -0.1) is 0 Å². The SMILES string of the molecule is Cc1cc(C)c(-n2nc(C)c(C(=O)O)c2Cl)c(C)c1. The number of aromatic nitrogens is 2. The Balaban J connectivity index is 2.74. The maximum atomic E-state index is 11.2. The molecule has 19 heavy (non-hydrogen) atoms. The molecule has 0 saturated heterocycles. The van der Waals surface area contributed by atoms with Crippen LogP contribution >= 0.6 is 11.6 Å². The number of carboxylic acid groups (broad SMARTS) is 1. The zero-order valence-corrected chi connectivity index (χ0v) is 12.0. The van der Waals surface area contributed by atoms with E-state index in [9.17, 15) is 4.79 Å². The van der Waals surface area contributed by atoms with Crippen LogP contribution in [-0.4, -0.2) is 20.9 Å². The first-order valence-corrected chi connectivity index (χ1v) is 6.27. The third-order valence-corrected chi connectivity index (χ3v) is 3.41. The molecule has 1 aromatic carbocycles. The Morgan fingerprint density at radius 3 is 2.16 bits per heavy atom. The quantitative estimate of drug-likeness (QED) is 0.915. The standard InChI is InChI=1S/C14H15ClN2O2/c1-7-5-8(2)12(9(3)6-7)17-13(15)11(14(18)19)10(4)16-17/h5-6H,1-4H3,(H,18,19). The van der Waals surface area contributed by atoms with E-state index < -0.39 is 5.97 Å². The number of aryl methyl sites for hydroxylation is 4. The molecule has 1 N–H and O–H groups in total. The third kappa shape index (κ3) is 2.24. The average molecular weight is 279 g/mol. The van der Waals surface area contributed by atoms with Gasteiger partial charge in [0.2, 0.25) is 0 Å². The lowest BCUT2D eigenvalue weighted by molar-refractivity contribution is 0.0696. The molecule has 0 aliphatic rings. The van der Waals surface area contributed by atoms with Gasteiger partial charge in [-0.05, 0) is 38.8 Å². The van der Waals surface area contributed by atoms with Crippen LogP contribution in [0.4, 0.5) is 0 Å². The van der Waals surface area contributed by atoms with Crippen LogP contribution in [0.3, 0.4) is 0 Å². The van der Waals surface area contributed by atoms with Crippen LogP contribution in [0.15, 0.2) is 12.1 Å². The lowest BCUT2D eigenvalue weighted by Crippen LogP contribution is -2.04. The first-order chi connectivity index (χ1) is 8.82. The molecule has 0 saturated carbocycles. The van der Waals surface area contributed by atoms with E-state index in [-0.39, 0.29) is 10.7 Å². The molecule has 2 aromatic rings. The highest BCUT2D eigenvalue weighted by Crippen LogP contribution is 2.28. The van der Waals surface area contributed by atoms with Crippen molar-refractivity contribution in [3.05, 3.63) is 45.2 Å². The van der Waals surface area contributed by atoms with E-state index in [0.717, 1.165) is 22.4 Å². The second-order valence-electron chi connectivity index (χ2n) is 4.72. The van der Waals surface area contributed by atoms with Crippen molar-refractivity contribution >= 4 is 17.6 Å². The fourth-order valence-corrected chi connectivity index (χ4v) is 2.74. The number of hydrogen-bond acceptors (Lipinski definition) is 2. The van der Waals surface area contributed by atoms with Gasteiger partial charge in [-0.2, -0.15) is 5.10 Å². The first-order valence-electron chi connectivity index (χ1n) is 5.89. The largest absolute Gasteiger partial charge is 0.478 e. The maximum absolute atomic E-state index is 11.2. The molecule has 0 bridgehead atoms. The van der Waals surface area contributed by atoms with Crippen molar-refractivity contribution in [3.8, 4) is 5.69 Å². The second kappa shape index (κ2) is 4.70. The van der Waals surface area contributed by atoms with Crippen molar-refractivity contribution < 1.29 is 9.90 Å². The molecule has 2 rings (SSSR count). The molecular weight excluding hydrogens is 264 g/mol. The highest BCUT2D eigenvalue weighted by Gasteiger charge is 2.21. The molecular formula is C14H15ClN2O2. The van der Waals surface area contributed by atoms with E-state index in [1.54, 1.807) is 6.92 Å². The van der Waals surface area contributed by atoms with Crippen LogP contribution < -0.4 is 0 Å². The first kappa shape index (κ1) is 13.6. The summed E-state index contributed by atoms with van der Waals surface area (Å²) in [7, 11) is 0. The van der Waals surface area contributed by atoms with Crippen LogP contribution in [-0.2, 0) is 0 Å². The normalized spacial score (nSPS) is 10.8. The second-order valence-corrected chi connectivity index (χ2v) is 5.07. The minimum Gasteiger partial charge on any atom is -0.478 e. The molecule has 0 amide bonds. The van der Waals surface area contributed by atoms with Crippen molar-refractivity contribution in [1.29, 1.82) is 0 Å². The van der Waals surface area contributed by atoms with Crippen LogP contribution in [0, 0.1) is 27.7 Å². The smallest absolute Gasteiger partial charge is 0.340 e. The highest BCUT2D eigenvalue weighted by atomic mass is 35.5. The summed E-state index contributed by atoms with van der Waals surface area (Å²) in [5, 5.41) is 13.5. The van der Waals surface area contributed by atoms with Crippen LogP contribution in [0.2, 0.25) is 5.15 Å². The fourth-order valence-electron chi connectivity index (χ4n) is 2.40. The molecule has 0 aliphatic carbocycles. The number of rotatable bonds is 2. The minimum absolute atomic E-state index is 0.0565. The fraction of sp³-hybridized carbons (Fsp3) is 0.286. The van der Waals surface area contributed by atoms with Crippen LogP contribution in [0.1, 0.15) is 32.7 Å². The Kier molecular flexibility index (Phi) is 3.37. The molecule has 100 valence electrons. The highest BCUT2D eigenvalue weighted by molar-refractivity contribution is 6.33. The van der Waals surface area contributed by atoms with E-state index in [1.165, 1.54) is 4.68 Å². The Morgan fingerprint density at radius 1 is 1.21 bits per heavy atom. The lowest BCUT2D eigenvalue weighted by atomic mass is 10.1. The topological polar surface area (TPSA) is 55.1 Å². The molecule has 0 aliphatic heterocycles. The summed E-state index contributed by atoms with van der Waals surface area (Å²) < 4.78 is 1.50. The molecule has 1 aromatic heterocycles. The van der Waals surface area contributed by atoms with Crippen molar-refractivity contribution in [1.82, 2.24) is 9.78 Å². The van der Waals surface area contributed by atoms with E-state index in [1.807, 2.05) is 32.9 Å². The molecule has 4 nitrogen and oxygen atoms in total. The van der Waals surface area contributed by atoms with Gasteiger partial charge in [0.25, 0.3) is 0 Å². The van der Waals surface area contributed by atoms with Gasteiger partial charge < -0.3 is 5.11 Å². The molecule has 0 spiro atoms. The third-order valence-electron chi connectivity index (χ3n) is 3.07. The number of nitrogens with zero attached hydrogens (tertiary/aromatic N) is 2. The number of carboxylic acids is 1. The summed E-state index contributed by atoms with van der Waals surface area (Å²) in [6.07, 6.45) is 0. The van der Waals surface area contributed by atoms with Gasteiger partial charge in [-0.3, -0.25) is 0 Å². The van der Waals surface area contributed by atoms with E-state index >= 15 is 0 Å². The number of hydrogen-bond donors (Lipinski definition) is 1. The summed E-state index contributed by atoms with van der Waals surface area (Å²) >= 11 is 6.16. The average Bonchev–Trinajstić information content (AvgIpc) is 2.52. The van der Waals surface area contributed by atoms with Crippen LogP contribution in [0.25, 0.3) is 5.69 Å². The van der Waals surface area contributed by atoms with Crippen molar-refractivity contribution in [2.75, 3.05) is 0 Å². The number of benzene rings is 1. The van der Waals surface area contributed by atoms with Crippen molar-refractivity contribution in [2.45, 2.75) is 27.7 Å². The molecule has 0 radical (unpaired) electrons. The van der Waals surface area contributed by atoms with Gasteiger partial charge in [-0.25, -0.2) is 9.48 Å². The van der Waals surface area contributed by atoms with Gasteiger partial charge in [0.1, 0.15) is 10.7 Å². The summed E-state index contributed by atoms with van der Waals surface area (Å²) in [6.45, 7) is 7.58. The Morgan fingerprint density at radius 2 is 1.74 bits per heavy atom. The van der Waals surface area contributed by atoms with Gasteiger partial charge in [0, 0.05) is 0 Å². The van der Waals surface area contributed by atoms with Gasteiger partial charge >= 0.3 is 5.97 Å². The summed E-state index contributed by atoms with van der Waals surface area (Å²) in [5.74, 6) is -1.06. The number of halogens is 1. The predicted molar refractivity (Wildman–Crippen MR) is 74.5 cm³/mol. The zero-order chi connectivity index (χ0) is 14.3. The number of carbonyl (C=O) groups is 1. The van der Waals surface area contributed by atoms with E-state index in [0.29, 0.717) is 5.69 Å². The van der Waals surface area contributed by atoms with Gasteiger partial charge in [0.15, 0.2) is 0 Å². The maximum Gasteiger partial charge on any atom is 0.340 e. The molecule has 0 atom stereocenters. The monoisotopic (exact) mass is 278 g/mol. The number of aromatic carboxylic acids is 1. The Labute approximate surface area is 116 Å². The van der Waals surface area contributed by atoms with E-state index in [2.05, 4.69) is 5.10 Å². The molecule has 1 heterocycles. The minimum atomic E-state index is -1.06. The summed E-state index contributed by atoms with van der Waals surface area (Å²) in [5.41, 5.74) is 4.49.